The van der Waals surface area contributed by atoms with Crippen LogP contribution >= 0.6 is 0 Å². The van der Waals surface area contributed by atoms with E-state index in [1.54, 1.807) is 4.90 Å². The third kappa shape index (κ3) is 5.16. The molecular weight excluding hydrogens is 296 g/mol. The number of aliphatic carboxylic acids is 1. The number of hydrogen-bond acceptors (Lipinski definition) is 3. The molecule has 1 aliphatic rings. The molecule has 1 aliphatic heterocycles. The summed E-state index contributed by atoms with van der Waals surface area (Å²) < 4.78 is 5.58. The second kappa shape index (κ2) is 7.85. The Hall–Kier alpha value is -2.24. The van der Waals surface area contributed by atoms with Crippen LogP contribution in [0, 0.1) is 18.8 Å². The summed E-state index contributed by atoms with van der Waals surface area (Å²) in [6, 6.07) is 7.50. The van der Waals surface area contributed by atoms with Crippen molar-refractivity contribution in [2.75, 3.05) is 26.2 Å². The molecule has 0 radical (unpaired) electrons. The van der Waals surface area contributed by atoms with Crippen LogP contribution in [0.3, 0.4) is 0 Å². The molecule has 2 amide bonds. The molecule has 1 heterocycles. The monoisotopic (exact) mass is 320 g/mol. The number of amides is 2. The van der Waals surface area contributed by atoms with Crippen LogP contribution in [0.2, 0.25) is 0 Å². The highest BCUT2D eigenvalue weighted by Crippen LogP contribution is 2.21. The first kappa shape index (κ1) is 17.1. The van der Waals surface area contributed by atoms with Gasteiger partial charge >= 0.3 is 12.0 Å². The summed E-state index contributed by atoms with van der Waals surface area (Å²) in [6.45, 7) is 5.58. The summed E-state index contributed by atoms with van der Waals surface area (Å²) in [5.41, 5.74) is 1.12. The van der Waals surface area contributed by atoms with E-state index >= 15 is 0 Å². The topological polar surface area (TPSA) is 78.9 Å². The first-order valence-corrected chi connectivity index (χ1v) is 7.90. The maximum Gasteiger partial charge on any atom is 0.317 e. The fourth-order valence-electron chi connectivity index (χ4n) is 2.84. The minimum absolute atomic E-state index is 0.194. The number of carbonyl (C=O) groups excluding carboxylic acids is 1. The SMILES string of the molecule is Cc1cccc(OCCNC(=O)N2CC(C)CC(C(=O)O)C2)c1. The third-order valence-electron chi connectivity index (χ3n) is 3.93. The number of rotatable bonds is 5. The van der Waals surface area contributed by atoms with Gasteiger partial charge in [0.25, 0.3) is 0 Å². The van der Waals surface area contributed by atoms with Gasteiger partial charge in [0.2, 0.25) is 0 Å². The van der Waals surface area contributed by atoms with Gasteiger partial charge in [-0.05, 0) is 37.0 Å². The van der Waals surface area contributed by atoms with E-state index in [0.717, 1.165) is 11.3 Å². The molecule has 6 nitrogen and oxygen atoms in total. The van der Waals surface area contributed by atoms with E-state index in [4.69, 9.17) is 9.84 Å². The summed E-state index contributed by atoms with van der Waals surface area (Å²) in [7, 11) is 0. The van der Waals surface area contributed by atoms with E-state index in [2.05, 4.69) is 5.32 Å². The van der Waals surface area contributed by atoms with Crippen LogP contribution in [-0.4, -0.2) is 48.2 Å². The molecule has 23 heavy (non-hydrogen) atoms. The Morgan fingerprint density at radius 1 is 1.39 bits per heavy atom. The molecule has 0 spiro atoms. The molecule has 0 aromatic heterocycles. The Morgan fingerprint density at radius 3 is 2.87 bits per heavy atom. The van der Waals surface area contributed by atoms with Crippen LogP contribution in [0.5, 0.6) is 5.75 Å². The lowest BCUT2D eigenvalue weighted by atomic mass is 9.91. The van der Waals surface area contributed by atoms with Gasteiger partial charge in [-0.25, -0.2) is 4.79 Å². The lowest BCUT2D eigenvalue weighted by Gasteiger charge is -2.34. The quantitative estimate of drug-likeness (QED) is 0.815. The minimum atomic E-state index is -0.836. The smallest absolute Gasteiger partial charge is 0.317 e. The Balaban J connectivity index is 1.75. The number of carbonyl (C=O) groups is 2. The van der Waals surface area contributed by atoms with E-state index in [9.17, 15) is 9.59 Å². The van der Waals surface area contributed by atoms with Crippen LogP contribution < -0.4 is 10.1 Å². The Kier molecular flexibility index (Phi) is 5.84. The summed E-state index contributed by atoms with van der Waals surface area (Å²) in [5, 5.41) is 11.9. The number of urea groups is 1. The number of hydrogen-bond donors (Lipinski definition) is 2. The highest BCUT2D eigenvalue weighted by atomic mass is 16.5. The number of nitrogens with one attached hydrogen (secondary N) is 1. The number of ether oxygens (including phenoxy) is 1. The zero-order valence-corrected chi connectivity index (χ0v) is 13.6. The molecule has 2 rings (SSSR count). The molecular formula is C17H24N2O4. The van der Waals surface area contributed by atoms with Crippen molar-refractivity contribution in [3.8, 4) is 5.75 Å². The van der Waals surface area contributed by atoms with Gasteiger partial charge in [0.1, 0.15) is 12.4 Å². The van der Waals surface area contributed by atoms with Gasteiger partial charge in [-0.2, -0.15) is 0 Å². The molecule has 1 aromatic carbocycles. The summed E-state index contributed by atoms with van der Waals surface area (Å²) in [4.78, 5) is 24.9. The van der Waals surface area contributed by atoms with Gasteiger partial charge in [-0.1, -0.05) is 19.1 Å². The maximum atomic E-state index is 12.1. The molecule has 0 aliphatic carbocycles. The Labute approximate surface area is 136 Å². The predicted octanol–water partition coefficient (Wildman–Crippen LogP) is 2.13. The third-order valence-corrected chi connectivity index (χ3v) is 3.93. The highest BCUT2D eigenvalue weighted by molar-refractivity contribution is 5.76. The predicted molar refractivity (Wildman–Crippen MR) is 86.6 cm³/mol. The lowest BCUT2D eigenvalue weighted by Crippen LogP contribution is -2.50. The van der Waals surface area contributed by atoms with Crippen molar-refractivity contribution in [3.05, 3.63) is 29.8 Å². The fraction of sp³-hybridized carbons (Fsp3) is 0.529. The molecule has 2 atom stereocenters. The molecule has 1 fully saturated rings. The van der Waals surface area contributed by atoms with Crippen molar-refractivity contribution >= 4 is 12.0 Å². The molecule has 0 bridgehead atoms. The molecule has 2 N–H and O–H groups in total. The van der Waals surface area contributed by atoms with Crippen LogP contribution in [0.4, 0.5) is 4.79 Å². The van der Waals surface area contributed by atoms with Crippen molar-refractivity contribution in [2.24, 2.45) is 11.8 Å². The highest BCUT2D eigenvalue weighted by Gasteiger charge is 2.31. The van der Waals surface area contributed by atoms with Crippen molar-refractivity contribution in [1.82, 2.24) is 10.2 Å². The molecule has 126 valence electrons. The molecule has 6 heteroatoms. The number of likely N-dealkylation sites (tertiary alicyclic amines) is 1. The van der Waals surface area contributed by atoms with E-state index < -0.39 is 11.9 Å². The standard InChI is InChI=1S/C17H24N2O4/c1-12-4-3-5-15(9-12)23-7-6-18-17(22)19-10-13(2)8-14(11-19)16(20)21/h3-5,9,13-14H,6-8,10-11H2,1-2H3,(H,18,22)(H,20,21). The van der Waals surface area contributed by atoms with Crippen LogP contribution in [-0.2, 0) is 4.79 Å². The van der Waals surface area contributed by atoms with Crippen molar-refractivity contribution < 1.29 is 19.4 Å². The second-order valence-electron chi connectivity index (χ2n) is 6.18. The Morgan fingerprint density at radius 2 is 2.17 bits per heavy atom. The number of aryl methyl sites for hydroxylation is 1. The number of benzene rings is 1. The summed E-state index contributed by atoms with van der Waals surface area (Å²) in [5.74, 6) is -0.346. The zero-order valence-electron chi connectivity index (χ0n) is 13.6. The first-order valence-electron chi connectivity index (χ1n) is 7.90. The molecule has 1 aromatic rings. The summed E-state index contributed by atoms with van der Waals surface area (Å²) >= 11 is 0. The minimum Gasteiger partial charge on any atom is -0.492 e. The Bertz CT molecular complexity index is 561. The number of carboxylic acids is 1. The normalized spacial score (nSPS) is 20.9. The molecule has 1 saturated heterocycles. The van der Waals surface area contributed by atoms with Crippen molar-refractivity contribution in [3.63, 3.8) is 0 Å². The van der Waals surface area contributed by atoms with Crippen molar-refractivity contribution in [2.45, 2.75) is 20.3 Å². The fourth-order valence-corrected chi connectivity index (χ4v) is 2.84. The van der Waals surface area contributed by atoms with E-state index in [0.29, 0.717) is 26.1 Å². The van der Waals surface area contributed by atoms with E-state index in [-0.39, 0.29) is 18.5 Å². The van der Waals surface area contributed by atoms with Gasteiger partial charge in [0.15, 0.2) is 0 Å². The average molecular weight is 320 g/mol. The lowest BCUT2D eigenvalue weighted by molar-refractivity contribution is -0.143. The van der Waals surface area contributed by atoms with Crippen LogP contribution in [0.1, 0.15) is 18.9 Å². The zero-order chi connectivity index (χ0) is 16.8. The molecule has 2 unspecified atom stereocenters. The average Bonchev–Trinajstić information content (AvgIpc) is 2.50. The van der Waals surface area contributed by atoms with Gasteiger partial charge in [-0.3, -0.25) is 4.79 Å². The number of carboxylic acid groups (broad SMARTS) is 1. The largest absolute Gasteiger partial charge is 0.492 e. The van der Waals surface area contributed by atoms with Gasteiger partial charge in [0, 0.05) is 13.1 Å². The summed E-state index contributed by atoms with van der Waals surface area (Å²) in [6.07, 6.45) is 0.621. The van der Waals surface area contributed by atoms with E-state index in [1.807, 2.05) is 38.1 Å². The maximum absolute atomic E-state index is 12.1. The van der Waals surface area contributed by atoms with Crippen molar-refractivity contribution in [1.29, 1.82) is 0 Å². The number of nitrogens with zero attached hydrogens (tertiary/aromatic N) is 1. The van der Waals surface area contributed by atoms with Gasteiger partial charge < -0.3 is 20.1 Å². The molecule has 0 saturated carbocycles. The van der Waals surface area contributed by atoms with Crippen LogP contribution in [0.15, 0.2) is 24.3 Å². The van der Waals surface area contributed by atoms with Gasteiger partial charge in [-0.15, -0.1) is 0 Å². The number of piperidine rings is 1. The second-order valence-corrected chi connectivity index (χ2v) is 6.18. The van der Waals surface area contributed by atoms with Gasteiger partial charge in [0.05, 0.1) is 12.5 Å². The first-order chi connectivity index (χ1) is 11.0. The van der Waals surface area contributed by atoms with Crippen LogP contribution in [0.25, 0.3) is 0 Å². The van der Waals surface area contributed by atoms with E-state index in [1.165, 1.54) is 0 Å².